The molecule has 4 heteroatoms. The zero-order valence-corrected chi connectivity index (χ0v) is 17.8. The van der Waals surface area contributed by atoms with Gasteiger partial charge in [-0.25, -0.2) is 0 Å². The summed E-state index contributed by atoms with van der Waals surface area (Å²) in [4.78, 5) is 27.5. The predicted octanol–water partition coefficient (Wildman–Crippen LogP) is 5.07. The summed E-state index contributed by atoms with van der Waals surface area (Å²) < 4.78 is 5.45. The smallest absolute Gasteiger partial charge is 0.312 e. The van der Waals surface area contributed by atoms with E-state index >= 15 is 0 Å². The number of allylic oxidation sites excluding steroid dienone is 1. The quantitative estimate of drug-likeness (QED) is 0.454. The normalized spacial score (nSPS) is 18.8. The first-order chi connectivity index (χ1) is 14.1. The first kappa shape index (κ1) is 21.6. The molecule has 1 aromatic carbocycles. The van der Waals surface area contributed by atoms with E-state index in [-0.39, 0.29) is 11.9 Å². The maximum Gasteiger partial charge on any atom is 0.312 e. The Hall–Kier alpha value is -2.10. The Balaban J connectivity index is 1.56. The summed E-state index contributed by atoms with van der Waals surface area (Å²) in [7, 11) is 0. The first-order valence-electron chi connectivity index (χ1n) is 11.3. The number of benzene rings is 1. The minimum absolute atomic E-state index is 0.0739. The number of piperidine rings is 1. The van der Waals surface area contributed by atoms with Crippen LogP contribution in [-0.2, 0) is 20.7 Å². The SMILES string of the molecule is CCOC(=O)C1(CCCc2ccccc2)CCN(C(=O)CC2=CCCCC2)CC1. The van der Waals surface area contributed by atoms with Gasteiger partial charge in [0.2, 0.25) is 5.91 Å². The third-order valence-corrected chi connectivity index (χ3v) is 6.51. The minimum atomic E-state index is -0.439. The molecule has 0 radical (unpaired) electrons. The highest BCUT2D eigenvalue weighted by Crippen LogP contribution is 2.38. The molecule has 0 unspecified atom stereocenters. The van der Waals surface area contributed by atoms with Crippen molar-refractivity contribution in [2.75, 3.05) is 19.7 Å². The van der Waals surface area contributed by atoms with Gasteiger partial charge < -0.3 is 9.64 Å². The number of esters is 1. The highest BCUT2D eigenvalue weighted by Gasteiger charge is 2.42. The van der Waals surface area contributed by atoms with Gasteiger partial charge in [0.05, 0.1) is 12.0 Å². The molecule has 0 saturated carbocycles. The molecule has 1 aromatic rings. The van der Waals surface area contributed by atoms with Crippen molar-refractivity contribution < 1.29 is 14.3 Å². The number of amides is 1. The maximum atomic E-state index is 12.8. The number of carbonyl (C=O) groups is 2. The van der Waals surface area contributed by atoms with Crippen LogP contribution in [0.2, 0.25) is 0 Å². The third kappa shape index (κ3) is 5.94. The number of hydrogen-bond acceptors (Lipinski definition) is 3. The second-order valence-electron chi connectivity index (χ2n) is 8.51. The monoisotopic (exact) mass is 397 g/mol. The molecule has 0 N–H and O–H groups in total. The average Bonchev–Trinajstić information content (AvgIpc) is 2.76. The van der Waals surface area contributed by atoms with Gasteiger partial charge in [0, 0.05) is 19.5 Å². The molecule has 29 heavy (non-hydrogen) atoms. The highest BCUT2D eigenvalue weighted by atomic mass is 16.5. The number of likely N-dealkylation sites (tertiary alicyclic amines) is 1. The van der Waals surface area contributed by atoms with Crippen molar-refractivity contribution in [2.24, 2.45) is 5.41 Å². The summed E-state index contributed by atoms with van der Waals surface area (Å²) >= 11 is 0. The minimum Gasteiger partial charge on any atom is -0.466 e. The predicted molar refractivity (Wildman–Crippen MR) is 115 cm³/mol. The van der Waals surface area contributed by atoms with Crippen LogP contribution < -0.4 is 0 Å². The van der Waals surface area contributed by atoms with Gasteiger partial charge in [-0.2, -0.15) is 0 Å². The van der Waals surface area contributed by atoms with Crippen molar-refractivity contribution in [2.45, 2.75) is 71.1 Å². The summed E-state index contributed by atoms with van der Waals surface area (Å²) in [5, 5.41) is 0. The molecule has 4 nitrogen and oxygen atoms in total. The molecule has 1 amide bonds. The molecule has 2 aliphatic rings. The van der Waals surface area contributed by atoms with Crippen LogP contribution in [0.3, 0.4) is 0 Å². The van der Waals surface area contributed by atoms with Crippen LogP contribution in [0.5, 0.6) is 0 Å². The summed E-state index contributed by atoms with van der Waals surface area (Å²) in [5.41, 5.74) is 2.16. The van der Waals surface area contributed by atoms with Gasteiger partial charge in [-0.15, -0.1) is 0 Å². The standard InChI is InChI=1S/C25H35NO3/c1-2-29-24(28)25(15-9-14-21-10-5-3-6-11-21)16-18-26(19-17-25)23(27)20-22-12-7-4-8-13-22/h3,5-6,10-12H,2,4,7-9,13-20H2,1H3. The number of hydrogen-bond donors (Lipinski definition) is 0. The van der Waals surface area contributed by atoms with Crippen LogP contribution in [0.4, 0.5) is 0 Å². The van der Waals surface area contributed by atoms with Gasteiger partial charge in [0.1, 0.15) is 0 Å². The Kier molecular flexibility index (Phi) is 7.91. The van der Waals surface area contributed by atoms with E-state index in [1.807, 2.05) is 17.9 Å². The topological polar surface area (TPSA) is 46.6 Å². The van der Waals surface area contributed by atoms with Crippen molar-refractivity contribution in [1.82, 2.24) is 4.90 Å². The van der Waals surface area contributed by atoms with Gasteiger partial charge in [-0.3, -0.25) is 9.59 Å². The fourth-order valence-corrected chi connectivity index (χ4v) is 4.67. The summed E-state index contributed by atoms with van der Waals surface area (Å²) in [5.74, 6) is 0.148. The van der Waals surface area contributed by atoms with E-state index in [2.05, 4.69) is 30.3 Å². The Labute approximate surface area is 175 Å². The van der Waals surface area contributed by atoms with Crippen molar-refractivity contribution in [3.05, 3.63) is 47.5 Å². The van der Waals surface area contributed by atoms with Crippen LogP contribution in [-0.4, -0.2) is 36.5 Å². The number of ether oxygens (including phenoxy) is 1. The molecule has 0 atom stereocenters. The lowest BCUT2D eigenvalue weighted by Crippen LogP contribution is -2.47. The second kappa shape index (κ2) is 10.6. The molecule has 0 aromatic heterocycles. The molecule has 1 saturated heterocycles. The molecular weight excluding hydrogens is 362 g/mol. The van der Waals surface area contributed by atoms with Gasteiger partial charge in [0.15, 0.2) is 0 Å². The Morgan fingerprint density at radius 2 is 1.86 bits per heavy atom. The fraction of sp³-hybridized carbons (Fsp3) is 0.600. The van der Waals surface area contributed by atoms with E-state index in [1.165, 1.54) is 24.0 Å². The van der Waals surface area contributed by atoms with Gasteiger partial charge >= 0.3 is 5.97 Å². The van der Waals surface area contributed by atoms with Crippen molar-refractivity contribution in [3.63, 3.8) is 0 Å². The van der Waals surface area contributed by atoms with Crippen molar-refractivity contribution in [1.29, 1.82) is 0 Å². The molecule has 1 heterocycles. The van der Waals surface area contributed by atoms with E-state index < -0.39 is 5.41 Å². The highest BCUT2D eigenvalue weighted by molar-refractivity contribution is 5.80. The molecule has 1 fully saturated rings. The number of carbonyl (C=O) groups excluding carboxylic acids is 2. The van der Waals surface area contributed by atoms with Gasteiger partial charge in [-0.05, 0) is 70.3 Å². The van der Waals surface area contributed by atoms with E-state index in [0.717, 1.165) is 32.1 Å². The molecule has 158 valence electrons. The molecule has 1 aliphatic carbocycles. The number of nitrogens with zero attached hydrogens (tertiary/aromatic N) is 1. The molecule has 3 rings (SSSR count). The lowest BCUT2D eigenvalue weighted by atomic mass is 9.74. The van der Waals surface area contributed by atoms with Crippen LogP contribution in [0.25, 0.3) is 0 Å². The Bertz CT molecular complexity index is 702. The summed E-state index contributed by atoms with van der Waals surface area (Å²) in [6.45, 7) is 3.61. The number of aryl methyl sites for hydroxylation is 1. The van der Waals surface area contributed by atoms with E-state index in [4.69, 9.17) is 4.74 Å². The van der Waals surface area contributed by atoms with Crippen LogP contribution in [0, 0.1) is 5.41 Å². The molecule has 0 bridgehead atoms. The Morgan fingerprint density at radius 1 is 1.10 bits per heavy atom. The van der Waals surface area contributed by atoms with E-state index in [0.29, 0.717) is 39.0 Å². The van der Waals surface area contributed by atoms with Crippen LogP contribution in [0.1, 0.15) is 70.3 Å². The average molecular weight is 398 g/mol. The zero-order chi connectivity index (χ0) is 20.5. The molecular formula is C25H35NO3. The van der Waals surface area contributed by atoms with Gasteiger partial charge in [-0.1, -0.05) is 42.0 Å². The van der Waals surface area contributed by atoms with E-state index in [1.54, 1.807) is 0 Å². The van der Waals surface area contributed by atoms with Crippen molar-refractivity contribution in [3.8, 4) is 0 Å². The molecule has 1 aliphatic heterocycles. The Morgan fingerprint density at radius 3 is 2.52 bits per heavy atom. The number of rotatable bonds is 8. The largest absolute Gasteiger partial charge is 0.466 e. The summed E-state index contributed by atoms with van der Waals surface area (Å²) in [6, 6.07) is 10.4. The fourth-order valence-electron chi connectivity index (χ4n) is 4.67. The maximum absolute atomic E-state index is 12.8. The van der Waals surface area contributed by atoms with E-state index in [9.17, 15) is 9.59 Å². The molecule has 0 spiro atoms. The lowest BCUT2D eigenvalue weighted by Gasteiger charge is -2.40. The van der Waals surface area contributed by atoms with Crippen molar-refractivity contribution >= 4 is 11.9 Å². The third-order valence-electron chi connectivity index (χ3n) is 6.51. The van der Waals surface area contributed by atoms with Gasteiger partial charge in [0.25, 0.3) is 0 Å². The summed E-state index contributed by atoms with van der Waals surface area (Å²) in [6.07, 6.45) is 11.6. The van der Waals surface area contributed by atoms with Crippen LogP contribution in [0.15, 0.2) is 42.0 Å². The zero-order valence-electron chi connectivity index (χ0n) is 17.8. The van der Waals surface area contributed by atoms with Crippen LogP contribution >= 0.6 is 0 Å². The second-order valence-corrected chi connectivity index (χ2v) is 8.51. The first-order valence-corrected chi connectivity index (χ1v) is 11.3. The lowest BCUT2D eigenvalue weighted by molar-refractivity contribution is -0.161.